The van der Waals surface area contributed by atoms with Crippen molar-refractivity contribution >= 4 is 0 Å². The third kappa shape index (κ3) is 3.10. The molecule has 0 radical (unpaired) electrons. The van der Waals surface area contributed by atoms with Gasteiger partial charge in [0.25, 0.3) is 0 Å². The summed E-state index contributed by atoms with van der Waals surface area (Å²) in [6, 6.07) is 6.93. The molecule has 0 saturated carbocycles. The molecule has 2 aromatic heterocycles. The van der Waals surface area contributed by atoms with Crippen molar-refractivity contribution in [3.05, 3.63) is 58.9 Å². The Bertz CT molecular complexity index is 454. The lowest BCUT2D eigenvalue weighted by atomic mass is 10.4. The van der Waals surface area contributed by atoms with E-state index in [0.29, 0.717) is 0 Å². The monoisotopic (exact) mass is 218 g/mol. The van der Waals surface area contributed by atoms with E-state index in [9.17, 15) is 4.79 Å². The summed E-state index contributed by atoms with van der Waals surface area (Å²) in [7, 11) is 0. The van der Waals surface area contributed by atoms with E-state index in [1.807, 2.05) is 16.7 Å². The molecule has 16 heavy (non-hydrogen) atoms. The zero-order chi connectivity index (χ0) is 11.2. The maximum absolute atomic E-state index is 10.9. The Kier molecular flexibility index (Phi) is 3.56. The van der Waals surface area contributed by atoms with E-state index in [0.717, 1.165) is 25.4 Å². The molecule has 4 nitrogen and oxygen atoms in total. The smallest absolute Gasteiger partial charge is 0.181 e. The number of aromatic nitrogens is 1. The first kappa shape index (κ1) is 10.7. The summed E-state index contributed by atoms with van der Waals surface area (Å²) < 4.78 is 7.16. The quantitative estimate of drug-likeness (QED) is 0.768. The van der Waals surface area contributed by atoms with E-state index >= 15 is 0 Å². The van der Waals surface area contributed by atoms with Crippen molar-refractivity contribution in [3.8, 4) is 0 Å². The Labute approximate surface area is 93.5 Å². The molecule has 0 saturated heterocycles. The molecule has 0 aliphatic rings. The molecule has 0 spiro atoms. The van der Waals surface area contributed by atoms with E-state index in [1.54, 1.807) is 30.8 Å². The van der Waals surface area contributed by atoms with Gasteiger partial charge in [0.15, 0.2) is 5.43 Å². The maximum atomic E-state index is 10.9. The number of pyridine rings is 1. The Morgan fingerprint density at radius 2 is 2.06 bits per heavy atom. The molecule has 0 amide bonds. The summed E-state index contributed by atoms with van der Waals surface area (Å²) in [6.45, 7) is 2.40. The van der Waals surface area contributed by atoms with E-state index in [1.165, 1.54) is 0 Å². The highest BCUT2D eigenvalue weighted by Gasteiger charge is 1.94. The molecular formula is C12H14N2O2. The summed E-state index contributed by atoms with van der Waals surface area (Å²) in [5, 5.41) is 3.26. The van der Waals surface area contributed by atoms with Crippen LogP contribution in [0.15, 0.2) is 52.1 Å². The standard InChI is InChI=1S/C12H14N2O2/c15-11-3-6-14(7-4-11)8-5-13-10-12-2-1-9-16-12/h1-4,6-7,9,13H,5,8,10H2. The minimum atomic E-state index is 0.0415. The van der Waals surface area contributed by atoms with Crippen molar-refractivity contribution in [1.82, 2.24) is 9.88 Å². The summed E-state index contributed by atoms with van der Waals surface area (Å²) in [5.41, 5.74) is 0.0415. The highest BCUT2D eigenvalue weighted by molar-refractivity contribution is 4.97. The third-order valence-electron chi connectivity index (χ3n) is 2.29. The van der Waals surface area contributed by atoms with Gasteiger partial charge in [0.2, 0.25) is 0 Å². The van der Waals surface area contributed by atoms with Crippen molar-refractivity contribution in [2.45, 2.75) is 13.1 Å². The molecule has 0 aromatic carbocycles. The number of hydrogen-bond donors (Lipinski definition) is 1. The lowest BCUT2D eigenvalue weighted by molar-refractivity contribution is 0.475. The fourth-order valence-corrected chi connectivity index (χ4v) is 1.43. The molecule has 2 aromatic rings. The number of nitrogens with zero attached hydrogens (tertiary/aromatic N) is 1. The van der Waals surface area contributed by atoms with Crippen LogP contribution in [0, 0.1) is 0 Å². The molecule has 0 fully saturated rings. The number of furan rings is 1. The minimum absolute atomic E-state index is 0.0415. The van der Waals surface area contributed by atoms with Crippen molar-refractivity contribution in [1.29, 1.82) is 0 Å². The number of nitrogens with one attached hydrogen (secondary N) is 1. The van der Waals surface area contributed by atoms with Crippen LogP contribution in [0.25, 0.3) is 0 Å². The Balaban J connectivity index is 1.72. The Hall–Kier alpha value is -1.81. The van der Waals surface area contributed by atoms with Crippen LogP contribution in [0.5, 0.6) is 0 Å². The van der Waals surface area contributed by atoms with E-state index in [2.05, 4.69) is 5.32 Å². The van der Waals surface area contributed by atoms with Crippen LogP contribution in [0.3, 0.4) is 0 Å². The Morgan fingerprint density at radius 3 is 2.75 bits per heavy atom. The van der Waals surface area contributed by atoms with Gasteiger partial charge in [0.1, 0.15) is 5.76 Å². The minimum Gasteiger partial charge on any atom is -0.468 e. The Morgan fingerprint density at radius 1 is 1.25 bits per heavy atom. The number of rotatable bonds is 5. The zero-order valence-electron chi connectivity index (χ0n) is 8.93. The van der Waals surface area contributed by atoms with Gasteiger partial charge in [-0.3, -0.25) is 4.79 Å². The van der Waals surface area contributed by atoms with Crippen LogP contribution < -0.4 is 10.7 Å². The molecule has 4 heteroatoms. The zero-order valence-corrected chi connectivity index (χ0v) is 8.93. The van der Waals surface area contributed by atoms with E-state index < -0.39 is 0 Å². The topological polar surface area (TPSA) is 47.2 Å². The van der Waals surface area contributed by atoms with Gasteiger partial charge in [-0.05, 0) is 12.1 Å². The molecule has 84 valence electrons. The van der Waals surface area contributed by atoms with Crippen LogP contribution in [0.4, 0.5) is 0 Å². The normalized spacial score (nSPS) is 10.5. The van der Waals surface area contributed by atoms with Gasteiger partial charge in [-0.2, -0.15) is 0 Å². The fourth-order valence-electron chi connectivity index (χ4n) is 1.43. The second-order valence-corrected chi connectivity index (χ2v) is 3.53. The summed E-state index contributed by atoms with van der Waals surface area (Å²) in [6.07, 6.45) is 5.24. The van der Waals surface area contributed by atoms with Crippen molar-refractivity contribution < 1.29 is 4.42 Å². The average Bonchev–Trinajstić information content (AvgIpc) is 2.80. The first-order valence-corrected chi connectivity index (χ1v) is 5.24. The largest absolute Gasteiger partial charge is 0.468 e. The molecule has 2 heterocycles. The molecular weight excluding hydrogens is 204 g/mol. The third-order valence-corrected chi connectivity index (χ3v) is 2.29. The van der Waals surface area contributed by atoms with Crippen molar-refractivity contribution in [2.24, 2.45) is 0 Å². The molecule has 0 bridgehead atoms. The van der Waals surface area contributed by atoms with Crippen LogP contribution in [-0.4, -0.2) is 11.1 Å². The second-order valence-electron chi connectivity index (χ2n) is 3.53. The van der Waals surface area contributed by atoms with Gasteiger partial charge in [-0.1, -0.05) is 0 Å². The molecule has 0 unspecified atom stereocenters. The lowest BCUT2D eigenvalue weighted by Gasteiger charge is -2.06. The SMILES string of the molecule is O=c1ccn(CCNCc2ccco2)cc1. The van der Waals surface area contributed by atoms with Crippen molar-refractivity contribution in [3.63, 3.8) is 0 Å². The fraction of sp³-hybridized carbons (Fsp3) is 0.250. The van der Waals surface area contributed by atoms with Gasteiger partial charge < -0.3 is 14.3 Å². The van der Waals surface area contributed by atoms with E-state index in [-0.39, 0.29) is 5.43 Å². The van der Waals surface area contributed by atoms with Gasteiger partial charge in [-0.15, -0.1) is 0 Å². The molecule has 0 aliphatic carbocycles. The maximum Gasteiger partial charge on any atom is 0.181 e. The molecule has 0 aliphatic heterocycles. The average molecular weight is 218 g/mol. The van der Waals surface area contributed by atoms with Gasteiger partial charge >= 0.3 is 0 Å². The van der Waals surface area contributed by atoms with Gasteiger partial charge in [0, 0.05) is 37.6 Å². The van der Waals surface area contributed by atoms with Crippen molar-refractivity contribution in [2.75, 3.05) is 6.54 Å². The first-order chi connectivity index (χ1) is 7.84. The van der Waals surface area contributed by atoms with Gasteiger partial charge in [0.05, 0.1) is 12.8 Å². The highest BCUT2D eigenvalue weighted by Crippen LogP contribution is 1.98. The predicted molar refractivity (Wildman–Crippen MR) is 61.1 cm³/mol. The molecule has 0 atom stereocenters. The van der Waals surface area contributed by atoms with Crippen LogP contribution in [-0.2, 0) is 13.1 Å². The van der Waals surface area contributed by atoms with Gasteiger partial charge in [-0.25, -0.2) is 0 Å². The lowest BCUT2D eigenvalue weighted by Crippen LogP contribution is -2.19. The first-order valence-electron chi connectivity index (χ1n) is 5.24. The van der Waals surface area contributed by atoms with E-state index in [4.69, 9.17) is 4.42 Å². The highest BCUT2D eigenvalue weighted by atomic mass is 16.3. The molecule has 2 rings (SSSR count). The summed E-state index contributed by atoms with van der Waals surface area (Å²) in [4.78, 5) is 10.9. The molecule has 1 N–H and O–H groups in total. The summed E-state index contributed by atoms with van der Waals surface area (Å²) in [5.74, 6) is 0.930. The summed E-state index contributed by atoms with van der Waals surface area (Å²) >= 11 is 0. The van der Waals surface area contributed by atoms with Crippen LogP contribution >= 0.6 is 0 Å². The van der Waals surface area contributed by atoms with Crippen LogP contribution in [0.2, 0.25) is 0 Å². The second kappa shape index (κ2) is 5.32. The van der Waals surface area contributed by atoms with Crippen LogP contribution in [0.1, 0.15) is 5.76 Å². The predicted octanol–water partition coefficient (Wildman–Crippen LogP) is 1.23. The number of hydrogen-bond acceptors (Lipinski definition) is 3.